The summed E-state index contributed by atoms with van der Waals surface area (Å²) < 4.78 is 35.0. The number of anilines is 1. The predicted octanol–water partition coefficient (Wildman–Crippen LogP) is 1.20. The molecule has 88 valence electrons. The van der Waals surface area contributed by atoms with E-state index in [1.54, 1.807) is 0 Å². The monoisotopic (exact) mass is 245 g/mol. The molecule has 0 radical (unpaired) electrons. The first kappa shape index (κ1) is 12.6. The molecule has 0 fully saturated rings. The van der Waals surface area contributed by atoms with Crippen molar-refractivity contribution in [2.75, 3.05) is 11.6 Å². The molecule has 1 rings (SSSR count). The van der Waals surface area contributed by atoms with Crippen molar-refractivity contribution < 1.29 is 17.6 Å². The number of carbonyl (C=O) groups is 1. The average molecular weight is 245 g/mol. The zero-order valence-electron chi connectivity index (χ0n) is 8.90. The molecule has 0 unspecified atom stereocenters. The van der Waals surface area contributed by atoms with Gasteiger partial charge in [-0.2, -0.15) is 0 Å². The second-order valence-corrected chi connectivity index (χ2v) is 5.84. The largest absolute Gasteiger partial charge is 0.325 e. The molecule has 0 aliphatic carbocycles. The molecule has 1 amide bonds. The van der Waals surface area contributed by atoms with Gasteiger partial charge in [0, 0.05) is 11.9 Å². The predicted molar refractivity (Wildman–Crippen MR) is 59.3 cm³/mol. The second-order valence-electron chi connectivity index (χ2n) is 3.47. The van der Waals surface area contributed by atoms with Crippen LogP contribution in [-0.4, -0.2) is 25.8 Å². The highest BCUT2D eigenvalue weighted by atomic mass is 32.2. The molecule has 1 N–H and O–H groups in total. The molecule has 1 atom stereocenters. The zero-order chi connectivity index (χ0) is 12.3. The summed E-state index contributed by atoms with van der Waals surface area (Å²) in [6, 6.07) is 5.26. The molecule has 1 aromatic carbocycles. The van der Waals surface area contributed by atoms with Crippen LogP contribution >= 0.6 is 0 Å². The molecule has 0 spiro atoms. The number of sulfone groups is 1. The van der Waals surface area contributed by atoms with Crippen molar-refractivity contribution in [2.45, 2.75) is 12.2 Å². The maximum absolute atomic E-state index is 12.8. The minimum atomic E-state index is -3.44. The lowest BCUT2D eigenvalue weighted by atomic mass is 10.3. The number of rotatable bonds is 3. The van der Waals surface area contributed by atoms with E-state index in [4.69, 9.17) is 0 Å². The third kappa shape index (κ3) is 3.30. The fraction of sp³-hybridized carbons (Fsp3) is 0.300. The van der Waals surface area contributed by atoms with Crippen LogP contribution in [0.3, 0.4) is 0 Å². The molecule has 0 saturated heterocycles. The van der Waals surface area contributed by atoms with Crippen molar-refractivity contribution in [2.24, 2.45) is 0 Å². The van der Waals surface area contributed by atoms with Crippen molar-refractivity contribution in [3.05, 3.63) is 30.1 Å². The Morgan fingerprint density at radius 2 is 2.06 bits per heavy atom. The van der Waals surface area contributed by atoms with Gasteiger partial charge in [0.1, 0.15) is 11.1 Å². The molecule has 1 aromatic rings. The fourth-order valence-corrected chi connectivity index (χ4v) is 1.45. The number of hydrogen-bond acceptors (Lipinski definition) is 3. The van der Waals surface area contributed by atoms with Gasteiger partial charge in [0.2, 0.25) is 5.91 Å². The van der Waals surface area contributed by atoms with Gasteiger partial charge in [-0.15, -0.1) is 0 Å². The number of hydrogen-bond donors (Lipinski definition) is 1. The second kappa shape index (κ2) is 4.61. The average Bonchev–Trinajstić information content (AvgIpc) is 2.15. The van der Waals surface area contributed by atoms with Crippen LogP contribution in [0.25, 0.3) is 0 Å². The van der Waals surface area contributed by atoms with Crippen LogP contribution in [0.4, 0.5) is 10.1 Å². The van der Waals surface area contributed by atoms with Crippen molar-refractivity contribution >= 4 is 21.4 Å². The smallest absolute Gasteiger partial charge is 0.242 e. The Bertz CT molecular complexity index is 499. The lowest BCUT2D eigenvalue weighted by molar-refractivity contribution is -0.115. The SMILES string of the molecule is C[C@H](C(=O)Nc1cccc(F)c1)S(C)(=O)=O. The molecule has 0 aliphatic heterocycles. The maximum Gasteiger partial charge on any atom is 0.242 e. The Morgan fingerprint density at radius 3 is 2.56 bits per heavy atom. The van der Waals surface area contributed by atoms with E-state index in [-0.39, 0.29) is 5.69 Å². The molecule has 0 aliphatic rings. The van der Waals surface area contributed by atoms with Gasteiger partial charge >= 0.3 is 0 Å². The molecule has 16 heavy (non-hydrogen) atoms. The van der Waals surface area contributed by atoms with Crippen LogP contribution in [0.2, 0.25) is 0 Å². The summed E-state index contributed by atoms with van der Waals surface area (Å²) >= 11 is 0. The summed E-state index contributed by atoms with van der Waals surface area (Å²) in [5.74, 6) is -1.17. The first-order valence-electron chi connectivity index (χ1n) is 4.56. The molecule has 0 saturated carbocycles. The molecule has 0 heterocycles. The lowest BCUT2D eigenvalue weighted by Gasteiger charge is -2.10. The van der Waals surface area contributed by atoms with Gasteiger partial charge in [-0.25, -0.2) is 12.8 Å². The van der Waals surface area contributed by atoms with Crippen molar-refractivity contribution in [3.63, 3.8) is 0 Å². The number of benzene rings is 1. The lowest BCUT2D eigenvalue weighted by Crippen LogP contribution is -2.31. The Hall–Kier alpha value is -1.43. The zero-order valence-corrected chi connectivity index (χ0v) is 9.71. The van der Waals surface area contributed by atoms with Gasteiger partial charge in [-0.05, 0) is 25.1 Å². The molecular weight excluding hydrogens is 233 g/mol. The van der Waals surface area contributed by atoms with Gasteiger partial charge in [0.25, 0.3) is 0 Å². The topological polar surface area (TPSA) is 63.2 Å². The van der Waals surface area contributed by atoms with Crippen molar-refractivity contribution in [1.29, 1.82) is 0 Å². The Morgan fingerprint density at radius 1 is 1.44 bits per heavy atom. The number of carbonyl (C=O) groups excluding carboxylic acids is 1. The molecule has 0 aromatic heterocycles. The van der Waals surface area contributed by atoms with E-state index in [0.717, 1.165) is 12.3 Å². The van der Waals surface area contributed by atoms with E-state index in [0.29, 0.717) is 0 Å². The van der Waals surface area contributed by atoms with E-state index in [2.05, 4.69) is 5.32 Å². The summed E-state index contributed by atoms with van der Waals surface area (Å²) in [5.41, 5.74) is 0.237. The van der Waals surface area contributed by atoms with Gasteiger partial charge in [-0.1, -0.05) is 6.07 Å². The number of nitrogens with one attached hydrogen (secondary N) is 1. The van der Waals surface area contributed by atoms with Crippen LogP contribution < -0.4 is 5.32 Å². The van der Waals surface area contributed by atoms with Crippen LogP contribution in [0.15, 0.2) is 24.3 Å². The first-order valence-corrected chi connectivity index (χ1v) is 6.51. The van der Waals surface area contributed by atoms with Crippen molar-refractivity contribution in [3.8, 4) is 0 Å². The summed E-state index contributed by atoms with van der Waals surface area (Å²) in [4.78, 5) is 11.5. The molecule has 4 nitrogen and oxygen atoms in total. The molecule has 0 bridgehead atoms. The van der Waals surface area contributed by atoms with Gasteiger partial charge in [-0.3, -0.25) is 4.79 Å². The number of amides is 1. The van der Waals surface area contributed by atoms with E-state index in [1.807, 2.05) is 0 Å². The summed E-state index contributed by atoms with van der Waals surface area (Å²) in [7, 11) is -3.44. The Kier molecular flexibility index (Phi) is 3.64. The van der Waals surface area contributed by atoms with Crippen molar-refractivity contribution in [1.82, 2.24) is 0 Å². The first-order chi connectivity index (χ1) is 7.30. The fourth-order valence-electron chi connectivity index (χ4n) is 1.00. The van der Waals surface area contributed by atoms with E-state index in [9.17, 15) is 17.6 Å². The van der Waals surface area contributed by atoms with Gasteiger partial charge in [0.05, 0.1) is 0 Å². The van der Waals surface area contributed by atoms with E-state index in [1.165, 1.54) is 25.1 Å². The Balaban J connectivity index is 2.80. The van der Waals surface area contributed by atoms with Crippen LogP contribution in [-0.2, 0) is 14.6 Å². The standard InChI is InChI=1S/C10H12FNO3S/c1-7(16(2,14)15)10(13)12-9-5-3-4-8(11)6-9/h3-7H,1-2H3,(H,12,13)/t7-/m1/s1. The summed E-state index contributed by atoms with van der Waals surface area (Å²) in [6.07, 6.45) is 0.975. The maximum atomic E-state index is 12.8. The highest BCUT2D eigenvalue weighted by Crippen LogP contribution is 2.10. The van der Waals surface area contributed by atoms with Crippen LogP contribution in [0.5, 0.6) is 0 Å². The Labute approximate surface area is 93.4 Å². The number of halogens is 1. The normalized spacial score (nSPS) is 13.2. The van der Waals surface area contributed by atoms with Gasteiger partial charge < -0.3 is 5.32 Å². The quantitative estimate of drug-likeness (QED) is 0.870. The minimum Gasteiger partial charge on any atom is -0.325 e. The molecule has 6 heteroatoms. The third-order valence-electron chi connectivity index (χ3n) is 2.10. The molecular formula is C10H12FNO3S. The van der Waals surface area contributed by atoms with E-state index >= 15 is 0 Å². The summed E-state index contributed by atoms with van der Waals surface area (Å²) in [5, 5.41) is 1.17. The highest BCUT2D eigenvalue weighted by Gasteiger charge is 2.23. The van der Waals surface area contributed by atoms with Gasteiger partial charge in [0.15, 0.2) is 9.84 Å². The minimum absolute atomic E-state index is 0.237. The van der Waals surface area contributed by atoms with Crippen LogP contribution in [0, 0.1) is 5.82 Å². The summed E-state index contributed by atoms with van der Waals surface area (Å²) in [6.45, 7) is 1.28. The highest BCUT2D eigenvalue weighted by molar-refractivity contribution is 7.92. The third-order valence-corrected chi connectivity index (χ3v) is 3.60. The van der Waals surface area contributed by atoms with Crippen LogP contribution in [0.1, 0.15) is 6.92 Å². The van der Waals surface area contributed by atoms with E-state index < -0.39 is 26.8 Å².